The molecule has 1 aliphatic heterocycles. The number of carbonyl (C=O) groups is 3. The molecule has 3 aromatic rings. The van der Waals surface area contributed by atoms with Crippen LogP contribution in [0.4, 0.5) is 10.1 Å². The van der Waals surface area contributed by atoms with E-state index in [1.807, 2.05) is 47.7 Å². The second-order valence-corrected chi connectivity index (χ2v) is 11.8. The number of likely N-dealkylation sites (tertiary alicyclic amines) is 1. The molecule has 0 unspecified atom stereocenters. The predicted molar refractivity (Wildman–Crippen MR) is 159 cm³/mol. The lowest BCUT2D eigenvalue weighted by molar-refractivity contribution is -0.148. The van der Waals surface area contributed by atoms with Gasteiger partial charge in [-0.05, 0) is 69.2 Å². The molecule has 1 saturated carbocycles. The van der Waals surface area contributed by atoms with E-state index in [1.165, 1.54) is 19.2 Å². The number of aryl methyl sites for hydroxylation is 1. The van der Waals surface area contributed by atoms with E-state index in [0.29, 0.717) is 12.2 Å². The number of anilines is 1. The first-order chi connectivity index (χ1) is 20.2. The minimum atomic E-state index is -0.608. The van der Waals surface area contributed by atoms with Crippen molar-refractivity contribution < 1.29 is 28.2 Å². The minimum Gasteiger partial charge on any atom is -0.469 e. The Morgan fingerprint density at radius 3 is 2.55 bits per heavy atom. The number of amides is 2. The van der Waals surface area contributed by atoms with Gasteiger partial charge in [0.25, 0.3) is 5.91 Å². The van der Waals surface area contributed by atoms with Crippen LogP contribution in [0.25, 0.3) is 10.9 Å². The van der Waals surface area contributed by atoms with Crippen LogP contribution in [-0.4, -0.2) is 59.2 Å². The zero-order valence-corrected chi connectivity index (χ0v) is 25.0. The third-order valence-electron chi connectivity index (χ3n) is 8.67. The Balaban J connectivity index is 1.21. The topological polar surface area (TPSA) is 89.9 Å². The van der Waals surface area contributed by atoms with Gasteiger partial charge in [-0.2, -0.15) is 0 Å². The summed E-state index contributed by atoms with van der Waals surface area (Å²) in [6.45, 7) is 2.40. The highest BCUT2D eigenvalue weighted by molar-refractivity contribution is 6.34. The van der Waals surface area contributed by atoms with Gasteiger partial charge in [0.15, 0.2) is 0 Å². The normalized spacial score (nSPS) is 22.4. The van der Waals surface area contributed by atoms with Crippen LogP contribution >= 0.6 is 11.6 Å². The Labute approximate surface area is 250 Å². The van der Waals surface area contributed by atoms with Crippen LogP contribution in [0.3, 0.4) is 0 Å². The monoisotopic (exact) mass is 597 g/mol. The number of esters is 1. The third kappa shape index (κ3) is 6.32. The van der Waals surface area contributed by atoms with Gasteiger partial charge in [0.2, 0.25) is 5.91 Å². The minimum absolute atomic E-state index is 0.0129. The molecule has 1 aromatic heterocycles. The van der Waals surface area contributed by atoms with Gasteiger partial charge in [-0.15, -0.1) is 0 Å². The molecule has 5 rings (SSSR count). The summed E-state index contributed by atoms with van der Waals surface area (Å²) in [4.78, 5) is 40.1. The number of aromatic nitrogens is 1. The molecule has 224 valence electrons. The molecule has 2 atom stereocenters. The fourth-order valence-corrected chi connectivity index (χ4v) is 6.58. The van der Waals surface area contributed by atoms with Gasteiger partial charge >= 0.3 is 5.97 Å². The fourth-order valence-electron chi connectivity index (χ4n) is 6.35. The first kappa shape index (κ1) is 30.0. The summed E-state index contributed by atoms with van der Waals surface area (Å²) in [5.74, 6) is -1.43. The first-order valence-electron chi connectivity index (χ1n) is 14.5. The molecule has 2 fully saturated rings. The van der Waals surface area contributed by atoms with E-state index in [9.17, 15) is 14.4 Å². The van der Waals surface area contributed by atoms with E-state index in [1.54, 1.807) is 6.20 Å². The van der Waals surface area contributed by atoms with E-state index in [-0.39, 0.29) is 58.7 Å². The second kappa shape index (κ2) is 12.8. The number of fused-ring (bicyclic) bond motifs is 1. The summed E-state index contributed by atoms with van der Waals surface area (Å²) in [7, 11) is 3.27. The molecule has 0 bridgehead atoms. The van der Waals surface area contributed by atoms with E-state index in [4.69, 9.17) is 21.1 Å². The zero-order valence-electron chi connectivity index (χ0n) is 24.2. The maximum absolute atomic E-state index is 15.2. The molecule has 2 heterocycles. The van der Waals surface area contributed by atoms with Gasteiger partial charge in [-0.3, -0.25) is 14.4 Å². The summed E-state index contributed by atoms with van der Waals surface area (Å²) >= 11 is 6.47. The Kier molecular flexibility index (Phi) is 9.18. The molecule has 0 radical (unpaired) electrons. The molecule has 2 aromatic carbocycles. The number of benzene rings is 2. The van der Waals surface area contributed by atoms with Gasteiger partial charge in [0, 0.05) is 30.2 Å². The van der Waals surface area contributed by atoms with Crippen molar-refractivity contribution in [3.8, 4) is 0 Å². The number of nitrogens with zero attached hydrogens (tertiary/aromatic N) is 2. The third-order valence-corrected chi connectivity index (χ3v) is 8.99. The number of para-hydroxylation sites is 1. The maximum atomic E-state index is 15.2. The molecule has 2 aliphatic rings. The van der Waals surface area contributed by atoms with Gasteiger partial charge in [0.05, 0.1) is 54.5 Å². The lowest BCUT2D eigenvalue weighted by Crippen LogP contribution is -2.43. The summed E-state index contributed by atoms with van der Waals surface area (Å²) in [5, 5.41) is 3.66. The van der Waals surface area contributed by atoms with Crippen LogP contribution in [0.2, 0.25) is 5.02 Å². The SMILES string of the molecule is COC(=O)C1CCC(OC[C@@H]2CC[C@H](C)N2C(=O)Cc2cc(Cl)c(NC(=O)c3cn(C)c4ccccc34)cc2F)CC1. The van der Waals surface area contributed by atoms with Crippen LogP contribution in [0.5, 0.6) is 0 Å². The molecular weight excluding hydrogens is 561 g/mol. The summed E-state index contributed by atoms with van der Waals surface area (Å²) in [6.07, 6.45) is 6.32. The van der Waals surface area contributed by atoms with Crippen LogP contribution in [0, 0.1) is 11.7 Å². The lowest BCUT2D eigenvalue weighted by Gasteiger charge is -2.32. The van der Waals surface area contributed by atoms with Crippen LogP contribution in [0.15, 0.2) is 42.6 Å². The van der Waals surface area contributed by atoms with Crippen molar-refractivity contribution in [2.24, 2.45) is 13.0 Å². The number of halogens is 2. The number of hydrogen-bond acceptors (Lipinski definition) is 5. The molecule has 0 spiro atoms. The van der Waals surface area contributed by atoms with Gasteiger partial charge in [-0.1, -0.05) is 29.8 Å². The average Bonchev–Trinajstić information content (AvgIpc) is 3.53. The molecule has 10 heteroatoms. The predicted octanol–water partition coefficient (Wildman–Crippen LogP) is 5.89. The van der Waals surface area contributed by atoms with E-state index in [0.717, 1.165) is 49.4 Å². The summed E-state index contributed by atoms with van der Waals surface area (Å²) < 4.78 is 28.1. The van der Waals surface area contributed by atoms with Crippen molar-refractivity contribution in [2.45, 2.75) is 70.1 Å². The Hall–Kier alpha value is -3.43. The quantitative estimate of drug-likeness (QED) is 0.327. The standard InChI is InChI=1S/C32H37ClFN3O5/c1-19-8-11-22(18-42-23-12-9-20(10-13-23)32(40)41-3)37(19)30(38)15-21-14-26(33)28(16-27(21)34)35-31(39)25-17-36(2)29-7-5-4-6-24(25)29/h4-7,14,16-17,19-20,22-23H,8-13,15,18H2,1-3H3,(H,35,39)/t19-,20?,22-,23?/m0/s1. The molecule has 8 nitrogen and oxygen atoms in total. The van der Waals surface area contributed by atoms with E-state index in [2.05, 4.69) is 5.32 Å². The number of rotatable bonds is 8. The number of methoxy groups -OCH3 is 1. The maximum Gasteiger partial charge on any atom is 0.308 e. The number of hydrogen-bond donors (Lipinski definition) is 1. The zero-order chi connectivity index (χ0) is 30.0. The number of nitrogens with one attached hydrogen (secondary N) is 1. The average molecular weight is 598 g/mol. The molecule has 42 heavy (non-hydrogen) atoms. The lowest BCUT2D eigenvalue weighted by atomic mass is 9.87. The van der Waals surface area contributed by atoms with Crippen molar-refractivity contribution in [1.82, 2.24) is 9.47 Å². The largest absolute Gasteiger partial charge is 0.469 e. The van der Waals surface area contributed by atoms with Crippen molar-refractivity contribution in [3.05, 3.63) is 64.6 Å². The molecule has 2 amide bonds. The Morgan fingerprint density at radius 1 is 1.07 bits per heavy atom. The van der Waals surface area contributed by atoms with Crippen molar-refractivity contribution >= 4 is 46.0 Å². The van der Waals surface area contributed by atoms with Crippen LogP contribution in [0.1, 0.15) is 61.4 Å². The summed E-state index contributed by atoms with van der Waals surface area (Å²) in [5.41, 5.74) is 1.68. The van der Waals surface area contributed by atoms with Crippen LogP contribution in [-0.2, 0) is 32.5 Å². The smallest absolute Gasteiger partial charge is 0.308 e. The van der Waals surface area contributed by atoms with Crippen LogP contribution < -0.4 is 5.32 Å². The van der Waals surface area contributed by atoms with Crippen molar-refractivity contribution in [1.29, 1.82) is 0 Å². The van der Waals surface area contributed by atoms with E-state index < -0.39 is 11.7 Å². The highest BCUT2D eigenvalue weighted by atomic mass is 35.5. The van der Waals surface area contributed by atoms with E-state index >= 15 is 4.39 Å². The van der Waals surface area contributed by atoms with Crippen molar-refractivity contribution in [3.63, 3.8) is 0 Å². The van der Waals surface area contributed by atoms with Gasteiger partial charge in [0.1, 0.15) is 5.82 Å². The highest BCUT2D eigenvalue weighted by Gasteiger charge is 2.36. The molecule has 1 saturated heterocycles. The number of ether oxygens (including phenoxy) is 2. The fraction of sp³-hybridized carbons (Fsp3) is 0.469. The number of carbonyl (C=O) groups excluding carboxylic acids is 3. The Morgan fingerprint density at radius 2 is 1.81 bits per heavy atom. The summed E-state index contributed by atoms with van der Waals surface area (Å²) in [6, 6.07) is 10.0. The molecule has 1 N–H and O–H groups in total. The molecule has 1 aliphatic carbocycles. The van der Waals surface area contributed by atoms with Crippen molar-refractivity contribution in [2.75, 3.05) is 19.0 Å². The van der Waals surface area contributed by atoms with Gasteiger partial charge in [-0.25, -0.2) is 4.39 Å². The molecular formula is C32H37ClFN3O5. The van der Waals surface area contributed by atoms with Gasteiger partial charge < -0.3 is 24.3 Å². The second-order valence-electron chi connectivity index (χ2n) is 11.4. The highest BCUT2D eigenvalue weighted by Crippen LogP contribution is 2.32. The Bertz CT molecular complexity index is 1480. The first-order valence-corrected chi connectivity index (χ1v) is 14.9.